The van der Waals surface area contributed by atoms with Gasteiger partial charge in [0.25, 0.3) is 5.91 Å². The first-order chi connectivity index (χ1) is 7.33. The number of nitrogens with one attached hydrogen (secondary N) is 2. The minimum atomic E-state index is 0.0463. The van der Waals surface area contributed by atoms with Crippen LogP contribution in [0.1, 0.15) is 29.5 Å². The summed E-state index contributed by atoms with van der Waals surface area (Å²) in [4.78, 5) is 11.8. The topological polar surface area (TPSA) is 46.1 Å². The number of aromatic nitrogens is 1. The van der Waals surface area contributed by atoms with Gasteiger partial charge in [-0.2, -0.15) is 0 Å². The zero-order chi connectivity index (χ0) is 10.7. The molecule has 0 radical (unpaired) electrons. The van der Waals surface area contributed by atoms with Crippen molar-refractivity contribution in [2.45, 2.75) is 26.4 Å². The molecule has 0 aliphatic carbocycles. The Morgan fingerprint density at radius 1 is 1.60 bits per heavy atom. The lowest BCUT2D eigenvalue weighted by Gasteiger charge is -2.18. The molecule has 1 amide bonds. The van der Waals surface area contributed by atoms with Crippen LogP contribution in [-0.2, 0) is 13.1 Å². The van der Waals surface area contributed by atoms with Gasteiger partial charge in [-0.15, -0.1) is 0 Å². The Hall–Kier alpha value is -1.29. The van der Waals surface area contributed by atoms with Crippen molar-refractivity contribution in [3.05, 3.63) is 23.5 Å². The summed E-state index contributed by atoms with van der Waals surface area (Å²) in [5.41, 5.74) is 1.99. The molecule has 0 fully saturated rings. The highest BCUT2D eigenvalue weighted by Gasteiger charge is 2.16. The van der Waals surface area contributed by atoms with Gasteiger partial charge < -0.3 is 15.2 Å². The molecule has 1 aromatic rings. The van der Waals surface area contributed by atoms with Crippen LogP contribution in [0.4, 0.5) is 0 Å². The maximum absolute atomic E-state index is 11.8. The van der Waals surface area contributed by atoms with Crippen LogP contribution >= 0.6 is 0 Å². The molecule has 0 unspecified atom stereocenters. The second kappa shape index (κ2) is 4.49. The van der Waals surface area contributed by atoms with E-state index in [4.69, 9.17) is 0 Å². The van der Waals surface area contributed by atoms with Crippen molar-refractivity contribution in [3.63, 3.8) is 0 Å². The Labute approximate surface area is 89.7 Å². The van der Waals surface area contributed by atoms with Gasteiger partial charge in [-0.3, -0.25) is 4.79 Å². The van der Waals surface area contributed by atoms with Crippen LogP contribution in [0.2, 0.25) is 0 Å². The van der Waals surface area contributed by atoms with Gasteiger partial charge in [0.1, 0.15) is 5.69 Å². The van der Waals surface area contributed by atoms with E-state index in [1.54, 1.807) is 0 Å². The second-order valence-corrected chi connectivity index (χ2v) is 3.79. The van der Waals surface area contributed by atoms with E-state index in [9.17, 15) is 4.79 Å². The zero-order valence-electron chi connectivity index (χ0n) is 9.05. The molecule has 1 aromatic heterocycles. The minimum absolute atomic E-state index is 0.0463. The van der Waals surface area contributed by atoms with E-state index >= 15 is 0 Å². The minimum Gasteiger partial charge on any atom is -0.351 e. The van der Waals surface area contributed by atoms with E-state index in [-0.39, 0.29) is 5.91 Å². The van der Waals surface area contributed by atoms with Gasteiger partial charge in [0, 0.05) is 31.9 Å². The van der Waals surface area contributed by atoms with Gasteiger partial charge in [0.2, 0.25) is 0 Å². The number of hydrogen-bond donors (Lipinski definition) is 2. The fourth-order valence-electron chi connectivity index (χ4n) is 1.86. The Balaban J connectivity index is 2.14. The third-order valence-corrected chi connectivity index (χ3v) is 2.66. The van der Waals surface area contributed by atoms with Crippen LogP contribution in [0.15, 0.2) is 12.1 Å². The molecular formula is C11H17N3O. The lowest BCUT2D eigenvalue weighted by atomic mass is 10.3. The molecular weight excluding hydrogens is 190 g/mol. The maximum atomic E-state index is 11.8. The quantitative estimate of drug-likeness (QED) is 0.767. The van der Waals surface area contributed by atoms with Crippen molar-refractivity contribution in [3.8, 4) is 0 Å². The number of nitrogens with zero attached hydrogens (tertiary/aromatic N) is 1. The van der Waals surface area contributed by atoms with Crippen LogP contribution in [0.5, 0.6) is 0 Å². The highest BCUT2D eigenvalue weighted by atomic mass is 16.1. The third kappa shape index (κ3) is 2.04. The van der Waals surface area contributed by atoms with Gasteiger partial charge in [-0.25, -0.2) is 0 Å². The van der Waals surface area contributed by atoms with Gasteiger partial charge in [0.15, 0.2) is 0 Å². The van der Waals surface area contributed by atoms with Crippen molar-refractivity contribution in [2.75, 3.05) is 13.1 Å². The number of fused-ring (bicyclic) bond motifs is 1. The largest absolute Gasteiger partial charge is 0.351 e. The summed E-state index contributed by atoms with van der Waals surface area (Å²) in [7, 11) is 0. The second-order valence-electron chi connectivity index (χ2n) is 3.79. The van der Waals surface area contributed by atoms with Crippen LogP contribution in [-0.4, -0.2) is 23.6 Å². The Bertz CT molecular complexity index is 357. The summed E-state index contributed by atoms with van der Waals surface area (Å²) in [5, 5.41) is 6.19. The van der Waals surface area contributed by atoms with E-state index in [2.05, 4.69) is 22.1 Å². The van der Waals surface area contributed by atoms with Crippen molar-refractivity contribution < 1.29 is 4.79 Å². The van der Waals surface area contributed by atoms with E-state index < -0.39 is 0 Å². The molecule has 4 nitrogen and oxygen atoms in total. The molecule has 15 heavy (non-hydrogen) atoms. The highest BCUT2D eigenvalue weighted by molar-refractivity contribution is 5.92. The Kier molecular flexibility index (Phi) is 3.06. The molecule has 82 valence electrons. The van der Waals surface area contributed by atoms with E-state index in [0.29, 0.717) is 0 Å². The molecule has 1 aliphatic rings. The lowest BCUT2D eigenvalue weighted by molar-refractivity contribution is 0.0943. The SMILES string of the molecule is CCCNC(=O)c1ccc2n1CCNC2. The molecule has 0 bridgehead atoms. The predicted octanol–water partition coefficient (Wildman–Crippen LogP) is 0.731. The van der Waals surface area contributed by atoms with E-state index in [1.165, 1.54) is 5.69 Å². The van der Waals surface area contributed by atoms with Crippen LogP contribution in [0.25, 0.3) is 0 Å². The van der Waals surface area contributed by atoms with Crippen molar-refractivity contribution in [2.24, 2.45) is 0 Å². The molecule has 0 saturated heterocycles. The summed E-state index contributed by atoms with van der Waals surface area (Å²) in [6.45, 7) is 5.49. The molecule has 0 saturated carbocycles. The fourth-order valence-corrected chi connectivity index (χ4v) is 1.86. The molecule has 2 heterocycles. The maximum Gasteiger partial charge on any atom is 0.267 e. The molecule has 4 heteroatoms. The first-order valence-electron chi connectivity index (χ1n) is 5.50. The Morgan fingerprint density at radius 3 is 3.27 bits per heavy atom. The van der Waals surface area contributed by atoms with Gasteiger partial charge >= 0.3 is 0 Å². The van der Waals surface area contributed by atoms with Gasteiger partial charge in [0.05, 0.1) is 0 Å². The predicted molar refractivity (Wildman–Crippen MR) is 58.8 cm³/mol. The summed E-state index contributed by atoms with van der Waals surface area (Å²) in [6.07, 6.45) is 0.973. The smallest absolute Gasteiger partial charge is 0.267 e. The molecule has 0 spiro atoms. The number of hydrogen-bond acceptors (Lipinski definition) is 2. The standard InChI is InChI=1S/C11H17N3O/c1-2-5-13-11(15)10-4-3-9-8-12-6-7-14(9)10/h3-4,12H,2,5-8H2,1H3,(H,13,15). The van der Waals surface area contributed by atoms with Crippen LogP contribution in [0.3, 0.4) is 0 Å². The Morgan fingerprint density at radius 2 is 2.47 bits per heavy atom. The average molecular weight is 207 g/mol. The van der Waals surface area contributed by atoms with Crippen molar-refractivity contribution >= 4 is 5.91 Å². The van der Waals surface area contributed by atoms with Crippen LogP contribution in [0, 0.1) is 0 Å². The number of amides is 1. The lowest BCUT2D eigenvalue weighted by Crippen LogP contribution is -2.32. The average Bonchev–Trinajstić information content (AvgIpc) is 2.69. The fraction of sp³-hybridized carbons (Fsp3) is 0.545. The van der Waals surface area contributed by atoms with Crippen LogP contribution < -0.4 is 10.6 Å². The van der Waals surface area contributed by atoms with Crippen molar-refractivity contribution in [1.82, 2.24) is 15.2 Å². The van der Waals surface area contributed by atoms with E-state index in [0.717, 1.165) is 38.3 Å². The first kappa shape index (κ1) is 10.2. The summed E-state index contributed by atoms with van der Waals surface area (Å²) in [5.74, 6) is 0.0463. The van der Waals surface area contributed by atoms with Gasteiger partial charge in [-0.1, -0.05) is 6.92 Å². The molecule has 2 N–H and O–H groups in total. The molecule has 1 aliphatic heterocycles. The van der Waals surface area contributed by atoms with Gasteiger partial charge in [-0.05, 0) is 18.6 Å². The zero-order valence-corrected chi connectivity index (χ0v) is 9.05. The highest BCUT2D eigenvalue weighted by Crippen LogP contribution is 2.11. The normalized spacial score (nSPS) is 14.7. The molecule has 0 atom stereocenters. The first-order valence-corrected chi connectivity index (χ1v) is 5.50. The monoisotopic (exact) mass is 207 g/mol. The molecule has 0 aromatic carbocycles. The number of carbonyl (C=O) groups is 1. The number of carbonyl (C=O) groups excluding carboxylic acids is 1. The number of rotatable bonds is 3. The molecule has 2 rings (SSSR count). The van der Waals surface area contributed by atoms with Crippen molar-refractivity contribution in [1.29, 1.82) is 0 Å². The van der Waals surface area contributed by atoms with E-state index in [1.807, 2.05) is 12.1 Å². The summed E-state index contributed by atoms with van der Waals surface area (Å²) in [6, 6.07) is 3.93. The third-order valence-electron chi connectivity index (χ3n) is 2.66. The summed E-state index contributed by atoms with van der Waals surface area (Å²) < 4.78 is 2.10. The summed E-state index contributed by atoms with van der Waals surface area (Å²) >= 11 is 0.